The van der Waals surface area contributed by atoms with E-state index in [0.717, 1.165) is 0 Å². The minimum absolute atomic E-state index is 0.0440. The van der Waals surface area contributed by atoms with Crippen LogP contribution in [-0.4, -0.2) is 24.6 Å². The van der Waals surface area contributed by atoms with Gasteiger partial charge in [-0.3, -0.25) is 0 Å². The summed E-state index contributed by atoms with van der Waals surface area (Å²) in [5.74, 6) is -0.516. The number of para-hydroxylation sites is 2. The Labute approximate surface area is 156 Å². The molecule has 0 amide bonds. The predicted molar refractivity (Wildman–Crippen MR) is 98.5 cm³/mol. The van der Waals surface area contributed by atoms with Gasteiger partial charge in [0.2, 0.25) is 5.76 Å². The Hall–Kier alpha value is -3.28. The fourth-order valence-corrected chi connectivity index (χ4v) is 2.62. The van der Waals surface area contributed by atoms with E-state index < -0.39 is 18.0 Å². The molecule has 0 aliphatic carbocycles. The Morgan fingerprint density at radius 1 is 1.00 bits per heavy atom. The van der Waals surface area contributed by atoms with Crippen molar-refractivity contribution in [2.45, 2.75) is 26.6 Å². The second kappa shape index (κ2) is 8.40. The van der Waals surface area contributed by atoms with Crippen LogP contribution in [0.5, 0.6) is 5.75 Å². The van der Waals surface area contributed by atoms with Crippen LogP contribution in [0.2, 0.25) is 0 Å². The number of hydrogen-bond donors (Lipinski definition) is 0. The molecule has 0 unspecified atom stereocenters. The lowest BCUT2D eigenvalue weighted by molar-refractivity contribution is -0.152. The number of benzene rings is 2. The molecule has 140 valence electrons. The second-order valence-electron chi connectivity index (χ2n) is 5.81. The molecule has 2 aromatic carbocycles. The Bertz CT molecular complexity index is 928. The number of rotatable bonds is 7. The summed E-state index contributed by atoms with van der Waals surface area (Å²) in [6, 6.07) is 16.2. The van der Waals surface area contributed by atoms with Gasteiger partial charge in [-0.15, -0.1) is 0 Å². The van der Waals surface area contributed by atoms with Crippen molar-refractivity contribution >= 4 is 22.9 Å². The zero-order valence-electron chi connectivity index (χ0n) is 15.1. The quantitative estimate of drug-likeness (QED) is 0.584. The van der Waals surface area contributed by atoms with Crippen LogP contribution in [0.3, 0.4) is 0 Å². The van der Waals surface area contributed by atoms with E-state index >= 15 is 0 Å². The summed E-state index contributed by atoms with van der Waals surface area (Å²) in [6.45, 7) is 3.42. The lowest BCUT2D eigenvalue weighted by Gasteiger charge is -2.14. The molecule has 1 heterocycles. The summed E-state index contributed by atoms with van der Waals surface area (Å²) in [5, 5.41) is 0.699. The molecule has 0 spiro atoms. The van der Waals surface area contributed by atoms with Gasteiger partial charge in [-0.25, -0.2) is 9.59 Å². The van der Waals surface area contributed by atoms with Crippen molar-refractivity contribution < 1.29 is 28.2 Å². The maximum atomic E-state index is 12.3. The van der Waals surface area contributed by atoms with Gasteiger partial charge in [0.15, 0.2) is 6.10 Å². The number of fused-ring (bicyclic) bond motifs is 1. The van der Waals surface area contributed by atoms with Crippen molar-refractivity contribution in [3.05, 3.63) is 65.9 Å². The van der Waals surface area contributed by atoms with Crippen LogP contribution in [0.4, 0.5) is 0 Å². The molecule has 1 atom stereocenters. The van der Waals surface area contributed by atoms with E-state index in [1.54, 1.807) is 44.2 Å². The first-order valence-electron chi connectivity index (χ1n) is 8.66. The summed E-state index contributed by atoms with van der Waals surface area (Å²) >= 11 is 0. The highest BCUT2D eigenvalue weighted by atomic mass is 16.6. The van der Waals surface area contributed by atoms with Gasteiger partial charge < -0.3 is 18.6 Å². The smallest absolute Gasteiger partial charge is 0.374 e. The minimum atomic E-state index is -0.795. The van der Waals surface area contributed by atoms with Gasteiger partial charge in [-0.1, -0.05) is 36.4 Å². The van der Waals surface area contributed by atoms with Crippen LogP contribution in [0.25, 0.3) is 11.0 Å². The van der Waals surface area contributed by atoms with E-state index in [1.807, 2.05) is 24.3 Å². The number of furan rings is 1. The van der Waals surface area contributed by atoms with Gasteiger partial charge in [-0.2, -0.15) is 0 Å². The van der Waals surface area contributed by atoms with E-state index in [-0.39, 0.29) is 19.0 Å². The van der Waals surface area contributed by atoms with Crippen LogP contribution in [0, 0.1) is 0 Å². The van der Waals surface area contributed by atoms with Crippen molar-refractivity contribution in [2.24, 2.45) is 0 Å². The highest BCUT2D eigenvalue weighted by Crippen LogP contribution is 2.27. The molecule has 6 nitrogen and oxygen atoms in total. The first-order valence-corrected chi connectivity index (χ1v) is 8.66. The van der Waals surface area contributed by atoms with Gasteiger partial charge in [-0.05, 0) is 32.0 Å². The van der Waals surface area contributed by atoms with E-state index in [9.17, 15) is 9.59 Å². The van der Waals surface area contributed by atoms with Crippen molar-refractivity contribution in [1.82, 2.24) is 0 Å². The zero-order valence-corrected chi connectivity index (χ0v) is 15.1. The summed E-state index contributed by atoms with van der Waals surface area (Å²) in [7, 11) is 0. The van der Waals surface area contributed by atoms with E-state index in [1.165, 1.54) is 0 Å². The monoisotopic (exact) mass is 368 g/mol. The molecule has 6 heteroatoms. The molecule has 3 aromatic rings. The topological polar surface area (TPSA) is 75.0 Å². The molecule has 0 aliphatic heterocycles. The molecule has 0 radical (unpaired) electrons. The molecule has 0 saturated heterocycles. The van der Waals surface area contributed by atoms with E-state index in [0.29, 0.717) is 22.3 Å². The van der Waals surface area contributed by atoms with Gasteiger partial charge in [0.05, 0.1) is 12.2 Å². The number of hydrogen-bond acceptors (Lipinski definition) is 6. The van der Waals surface area contributed by atoms with E-state index in [2.05, 4.69) is 0 Å². The normalized spacial score (nSPS) is 11.8. The van der Waals surface area contributed by atoms with Crippen LogP contribution in [0.1, 0.15) is 30.0 Å². The largest absolute Gasteiger partial charge is 0.479 e. The summed E-state index contributed by atoms with van der Waals surface area (Å²) in [4.78, 5) is 24.5. The third-order valence-electron chi connectivity index (χ3n) is 3.91. The van der Waals surface area contributed by atoms with Crippen LogP contribution < -0.4 is 4.74 Å². The molecule has 0 saturated carbocycles. The van der Waals surface area contributed by atoms with Gasteiger partial charge in [0.25, 0.3) is 0 Å². The molecule has 0 bridgehead atoms. The fraction of sp³-hybridized carbons (Fsp3) is 0.238. The third kappa shape index (κ3) is 4.28. The highest BCUT2D eigenvalue weighted by molar-refractivity contribution is 5.96. The Morgan fingerprint density at radius 2 is 1.70 bits per heavy atom. The van der Waals surface area contributed by atoms with Crippen molar-refractivity contribution in [2.75, 3.05) is 6.61 Å². The predicted octanol–water partition coefficient (Wildman–Crippen LogP) is 4.12. The zero-order chi connectivity index (χ0) is 19.2. The maximum Gasteiger partial charge on any atom is 0.374 e. The molecule has 0 aliphatic rings. The number of carbonyl (C=O) groups is 2. The number of esters is 2. The average Bonchev–Trinajstić information content (AvgIpc) is 3.06. The highest BCUT2D eigenvalue weighted by Gasteiger charge is 2.24. The SMILES string of the molecule is CCOC(=O)c1oc2ccccc2c1COC(=O)[C@H](C)Oc1ccccc1. The molecule has 0 N–H and O–H groups in total. The standard InChI is InChI=1S/C21H20O6/c1-3-24-21(23)19-17(16-11-7-8-12-18(16)27-19)13-25-20(22)14(2)26-15-9-5-4-6-10-15/h4-12,14H,3,13H2,1-2H3/t14-/m0/s1. The number of carbonyl (C=O) groups excluding carboxylic acids is 2. The first-order chi connectivity index (χ1) is 13.1. The molecular weight excluding hydrogens is 348 g/mol. The van der Waals surface area contributed by atoms with Gasteiger partial charge in [0.1, 0.15) is 17.9 Å². The molecular formula is C21H20O6. The summed E-state index contributed by atoms with van der Waals surface area (Å²) in [5.41, 5.74) is 1.00. The third-order valence-corrected chi connectivity index (χ3v) is 3.91. The Kier molecular flexibility index (Phi) is 5.76. The Balaban J connectivity index is 1.74. The van der Waals surface area contributed by atoms with E-state index in [4.69, 9.17) is 18.6 Å². The van der Waals surface area contributed by atoms with Crippen molar-refractivity contribution in [1.29, 1.82) is 0 Å². The van der Waals surface area contributed by atoms with Gasteiger partial charge in [0, 0.05) is 5.39 Å². The van der Waals surface area contributed by atoms with Crippen LogP contribution in [-0.2, 0) is 20.9 Å². The molecule has 1 aromatic heterocycles. The number of ether oxygens (including phenoxy) is 3. The van der Waals surface area contributed by atoms with Crippen molar-refractivity contribution in [3.8, 4) is 5.75 Å². The Morgan fingerprint density at radius 3 is 2.44 bits per heavy atom. The molecule has 0 fully saturated rings. The fourth-order valence-electron chi connectivity index (χ4n) is 2.62. The van der Waals surface area contributed by atoms with Gasteiger partial charge >= 0.3 is 11.9 Å². The molecule has 3 rings (SSSR count). The summed E-state index contributed by atoms with van der Waals surface area (Å²) < 4.78 is 21.6. The van der Waals surface area contributed by atoms with Crippen molar-refractivity contribution in [3.63, 3.8) is 0 Å². The second-order valence-corrected chi connectivity index (χ2v) is 5.81. The average molecular weight is 368 g/mol. The lowest BCUT2D eigenvalue weighted by atomic mass is 10.1. The lowest BCUT2D eigenvalue weighted by Crippen LogP contribution is -2.26. The minimum Gasteiger partial charge on any atom is -0.479 e. The first kappa shape index (κ1) is 18.5. The maximum absolute atomic E-state index is 12.3. The van der Waals surface area contributed by atoms with Crippen LogP contribution >= 0.6 is 0 Å². The summed E-state index contributed by atoms with van der Waals surface area (Å²) in [6.07, 6.45) is -0.795. The molecule has 27 heavy (non-hydrogen) atoms. The van der Waals surface area contributed by atoms with Crippen LogP contribution in [0.15, 0.2) is 59.0 Å².